The van der Waals surface area contributed by atoms with Crippen LogP contribution in [-0.4, -0.2) is 4.98 Å². The Morgan fingerprint density at radius 2 is 1.94 bits per heavy atom. The summed E-state index contributed by atoms with van der Waals surface area (Å²) in [5.41, 5.74) is 2.99. The number of rotatable bonds is 0. The second-order valence-electron chi connectivity index (χ2n) is 3.61. The molecule has 82 valence electrons. The number of ether oxygens (including phenoxy) is 1. The van der Waals surface area contributed by atoms with Gasteiger partial charge >= 0.3 is 0 Å². The Morgan fingerprint density at radius 3 is 2.75 bits per heavy atom. The minimum Gasteiger partial charge on any atom is -0.372 e. The Kier molecular flexibility index (Phi) is 2.59. The SMILES string of the molecule is Clc1ccc2c3c(c(Br)c(Cl)c2n1)COC3. The van der Waals surface area contributed by atoms with Crippen LogP contribution in [0.2, 0.25) is 10.2 Å². The van der Waals surface area contributed by atoms with E-state index in [1.54, 1.807) is 6.07 Å². The molecule has 0 aliphatic carbocycles. The fourth-order valence-electron chi connectivity index (χ4n) is 1.95. The van der Waals surface area contributed by atoms with E-state index in [9.17, 15) is 0 Å². The summed E-state index contributed by atoms with van der Waals surface area (Å²) in [6.07, 6.45) is 0. The summed E-state index contributed by atoms with van der Waals surface area (Å²) < 4.78 is 6.30. The lowest BCUT2D eigenvalue weighted by atomic mass is 10.0. The normalized spacial score (nSPS) is 14.4. The van der Waals surface area contributed by atoms with Gasteiger partial charge in [0.05, 0.1) is 23.8 Å². The van der Waals surface area contributed by atoms with E-state index in [1.165, 1.54) is 0 Å². The van der Waals surface area contributed by atoms with Gasteiger partial charge in [-0.2, -0.15) is 0 Å². The van der Waals surface area contributed by atoms with Crippen LogP contribution in [0.4, 0.5) is 0 Å². The van der Waals surface area contributed by atoms with Gasteiger partial charge < -0.3 is 4.74 Å². The van der Waals surface area contributed by atoms with Crippen LogP contribution in [0.3, 0.4) is 0 Å². The Bertz CT molecular complexity index is 600. The van der Waals surface area contributed by atoms with Crippen molar-refractivity contribution >= 4 is 50.0 Å². The second kappa shape index (κ2) is 3.84. The van der Waals surface area contributed by atoms with Gasteiger partial charge in [0.15, 0.2) is 0 Å². The zero-order chi connectivity index (χ0) is 11.3. The zero-order valence-electron chi connectivity index (χ0n) is 8.06. The van der Waals surface area contributed by atoms with Crippen molar-refractivity contribution in [3.8, 4) is 0 Å². The third-order valence-electron chi connectivity index (χ3n) is 2.71. The lowest BCUT2D eigenvalue weighted by Crippen LogP contribution is -1.91. The van der Waals surface area contributed by atoms with Crippen LogP contribution >= 0.6 is 39.1 Å². The van der Waals surface area contributed by atoms with Gasteiger partial charge in [-0.15, -0.1) is 0 Å². The van der Waals surface area contributed by atoms with Gasteiger partial charge in [0.1, 0.15) is 5.15 Å². The van der Waals surface area contributed by atoms with E-state index in [4.69, 9.17) is 27.9 Å². The number of pyridine rings is 1. The van der Waals surface area contributed by atoms with Crippen LogP contribution in [0.1, 0.15) is 11.1 Å². The maximum absolute atomic E-state index is 6.26. The van der Waals surface area contributed by atoms with Crippen molar-refractivity contribution in [3.63, 3.8) is 0 Å². The number of aromatic nitrogens is 1. The highest BCUT2D eigenvalue weighted by Crippen LogP contribution is 2.40. The van der Waals surface area contributed by atoms with E-state index < -0.39 is 0 Å². The maximum atomic E-state index is 6.26. The predicted molar refractivity (Wildman–Crippen MR) is 68.0 cm³/mol. The Labute approximate surface area is 111 Å². The fraction of sp³-hybridized carbons (Fsp3) is 0.182. The minimum atomic E-state index is 0.445. The Morgan fingerprint density at radius 1 is 1.19 bits per heavy atom. The number of hydrogen-bond acceptors (Lipinski definition) is 2. The lowest BCUT2D eigenvalue weighted by Gasteiger charge is -2.08. The van der Waals surface area contributed by atoms with E-state index in [-0.39, 0.29) is 0 Å². The molecular weight excluding hydrogens is 313 g/mol. The molecule has 0 radical (unpaired) electrons. The highest BCUT2D eigenvalue weighted by molar-refractivity contribution is 9.10. The lowest BCUT2D eigenvalue weighted by molar-refractivity contribution is 0.134. The molecule has 1 aliphatic rings. The fourth-order valence-corrected chi connectivity index (χ4v) is 2.90. The molecular formula is C11H6BrCl2NO. The average molecular weight is 319 g/mol. The summed E-state index contributed by atoms with van der Waals surface area (Å²) in [7, 11) is 0. The monoisotopic (exact) mass is 317 g/mol. The van der Waals surface area contributed by atoms with Crippen LogP contribution < -0.4 is 0 Å². The van der Waals surface area contributed by atoms with Crippen LogP contribution in [0.15, 0.2) is 16.6 Å². The molecule has 0 saturated carbocycles. The highest BCUT2D eigenvalue weighted by atomic mass is 79.9. The van der Waals surface area contributed by atoms with Gasteiger partial charge in [0.2, 0.25) is 0 Å². The van der Waals surface area contributed by atoms with Crippen LogP contribution in [0, 0.1) is 0 Å². The van der Waals surface area contributed by atoms with E-state index in [0.717, 1.165) is 26.5 Å². The highest BCUT2D eigenvalue weighted by Gasteiger charge is 2.22. The maximum Gasteiger partial charge on any atom is 0.129 e. The molecule has 1 aromatic carbocycles. The van der Waals surface area contributed by atoms with E-state index in [2.05, 4.69) is 20.9 Å². The average Bonchev–Trinajstić information content (AvgIpc) is 2.75. The predicted octanol–water partition coefficient (Wildman–Crippen LogP) is 4.33. The van der Waals surface area contributed by atoms with Crippen LogP contribution in [-0.2, 0) is 18.0 Å². The summed E-state index contributed by atoms with van der Waals surface area (Å²) >= 11 is 15.6. The molecule has 0 fully saturated rings. The van der Waals surface area contributed by atoms with Crippen LogP contribution in [0.25, 0.3) is 10.9 Å². The van der Waals surface area contributed by atoms with Gasteiger partial charge in [-0.3, -0.25) is 0 Å². The van der Waals surface area contributed by atoms with E-state index in [1.807, 2.05) is 6.07 Å². The van der Waals surface area contributed by atoms with Crippen LogP contribution in [0.5, 0.6) is 0 Å². The van der Waals surface area contributed by atoms with Crippen molar-refractivity contribution in [1.82, 2.24) is 4.98 Å². The number of halogens is 3. The third kappa shape index (κ3) is 1.46. The molecule has 0 amide bonds. The molecule has 2 aromatic rings. The third-order valence-corrected chi connectivity index (χ3v) is 4.39. The smallest absolute Gasteiger partial charge is 0.129 e. The summed E-state index contributed by atoms with van der Waals surface area (Å²) in [4.78, 5) is 4.26. The summed E-state index contributed by atoms with van der Waals surface area (Å²) in [6.45, 7) is 1.19. The zero-order valence-corrected chi connectivity index (χ0v) is 11.2. The molecule has 0 unspecified atom stereocenters. The number of benzene rings is 1. The molecule has 0 atom stereocenters. The standard InChI is InChI=1S/C11H6BrCl2NO/c12-9-7-4-16-3-6(7)5-1-2-8(13)15-11(5)10(9)14/h1-2H,3-4H2. The molecule has 3 rings (SSSR count). The van der Waals surface area contributed by atoms with Gasteiger partial charge in [-0.25, -0.2) is 4.98 Å². The minimum absolute atomic E-state index is 0.445. The topological polar surface area (TPSA) is 22.1 Å². The molecule has 0 saturated heterocycles. The van der Waals surface area contributed by atoms with Crippen molar-refractivity contribution in [3.05, 3.63) is 37.9 Å². The Hall–Kier alpha value is -0.350. The summed E-state index contributed by atoms with van der Waals surface area (Å²) in [6, 6.07) is 3.71. The first kappa shape index (κ1) is 10.8. The van der Waals surface area contributed by atoms with Crippen molar-refractivity contribution in [2.24, 2.45) is 0 Å². The van der Waals surface area contributed by atoms with Crippen molar-refractivity contribution < 1.29 is 4.74 Å². The molecule has 2 nitrogen and oxygen atoms in total. The largest absolute Gasteiger partial charge is 0.372 e. The van der Waals surface area contributed by atoms with Crippen molar-refractivity contribution in [2.75, 3.05) is 0 Å². The van der Waals surface area contributed by atoms with E-state index in [0.29, 0.717) is 23.4 Å². The molecule has 0 bridgehead atoms. The van der Waals surface area contributed by atoms with E-state index >= 15 is 0 Å². The summed E-state index contributed by atoms with van der Waals surface area (Å²) in [5.74, 6) is 0. The first-order chi connectivity index (χ1) is 7.68. The first-order valence-electron chi connectivity index (χ1n) is 4.71. The van der Waals surface area contributed by atoms with Gasteiger partial charge in [0.25, 0.3) is 0 Å². The molecule has 0 spiro atoms. The van der Waals surface area contributed by atoms with Gasteiger partial charge in [0, 0.05) is 9.86 Å². The molecule has 5 heteroatoms. The first-order valence-corrected chi connectivity index (χ1v) is 6.26. The molecule has 16 heavy (non-hydrogen) atoms. The van der Waals surface area contributed by atoms with Crippen molar-refractivity contribution in [1.29, 1.82) is 0 Å². The molecule has 2 heterocycles. The quantitative estimate of drug-likeness (QED) is 0.674. The van der Waals surface area contributed by atoms with Gasteiger partial charge in [-0.1, -0.05) is 23.2 Å². The van der Waals surface area contributed by atoms with Gasteiger partial charge in [-0.05, 0) is 39.2 Å². The molecule has 1 aliphatic heterocycles. The number of fused-ring (bicyclic) bond motifs is 3. The molecule has 1 aromatic heterocycles. The Balaban J connectivity index is 2.49. The summed E-state index contributed by atoms with van der Waals surface area (Å²) in [5, 5.41) is 2.06. The number of hydrogen-bond donors (Lipinski definition) is 0. The second-order valence-corrected chi connectivity index (χ2v) is 5.17. The number of nitrogens with zero attached hydrogens (tertiary/aromatic N) is 1. The molecule has 0 N–H and O–H groups in total. The van der Waals surface area contributed by atoms with Crippen molar-refractivity contribution in [2.45, 2.75) is 13.2 Å².